The lowest BCUT2D eigenvalue weighted by Gasteiger charge is -2.35. The Bertz CT molecular complexity index is 1270. The number of hydrogen-bond acceptors (Lipinski definition) is 6. The maximum atomic E-state index is 12.9. The molecule has 7 heteroatoms. The summed E-state index contributed by atoms with van der Waals surface area (Å²) in [6, 6.07) is 5.45. The summed E-state index contributed by atoms with van der Waals surface area (Å²) >= 11 is 0. The third-order valence-electron chi connectivity index (χ3n) is 7.91. The number of unbranched alkanes of at least 4 members (excludes halogenated alkanes) is 1. The summed E-state index contributed by atoms with van der Waals surface area (Å²) in [5.41, 5.74) is 6.42. The Balaban J connectivity index is 0.000000503. The molecular weight excluding hydrogens is 510 g/mol. The fraction of sp³-hybridized carbons (Fsp3) is 0.559. The highest BCUT2D eigenvalue weighted by atomic mass is 16.3. The van der Waals surface area contributed by atoms with Crippen molar-refractivity contribution in [3.63, 3.8) is 0 Å². The molecule has 1 N–H and O–H groups in total. The van der Waals surface area contributed by atoms with Crippen LogP contribution >= 0.6 is 0 Å². The van der Waals surface area contributed by atoms with Gasteiger partial charge in [-0.1, -0.05) is 64.3 Å². The topological polar surface area (TPSA) is 73.4 Å². The zero-order valence-electron chi connectivity index (χ0n) is 26.6. The molecule has 2 aromatic rings. The molecule has 1 fully saturated rings. The number of aliphatic imine (C=N–C) groups is 1. The van der Waals surface area contributed by atoms with Gasteiger partial charge in [0.05, 0.1) is 23.7 Å². The highest BCUT2D eigenvalue weighted by Crippen LogP contribution is 2.18. The number of allylic oxidation sites excluding steroid dienone is 5. The van der Waals surface area contributed by atoms with Crippen molar-refractivity contribution >= 4 is 17.0 Å². The second-order valence-electron chi connectivity index (χ2n) is 11.0. The number of aliphatic hydroxyl groups excluding tert-OH is 1. The zero-order chi connectivity index (χ0) is 30.4. The second-order valence-corrected chi connectivity index (χ2v) is 11.0. The number of hydrogen-bond donors (Lipinski definition) is 1. The van der Waals surface area contributed by atoms with Crippen LogP contribution in [0.5, 0.6) is 0 Å². The first-order valence-electron chi connectivity index (χ1n) is 15.3. The second kappa shape index (κ2) is 17.7. The van der Waals surface area contributed by atoms with Gasteiger partial charge in [0, 0.05) is 52.0 Å². The van der Waals surface area contributed by atoms with Crippen molar-refractivity contribution in [2.24, 2.45) is 10.9 Å². The number of fused-ring (bicyclic) bond motifs is 1. The van der Waals surface area contributed by atoms with Crippen LogP contribution < -0.4 is 10.5 Å². The number of anilines is 1. The molecule has 0 aromatic carbocycles. The van der Waals surface area contributed by atoms with Crippen molar-refractivity contribution in [1.82, 2.24) is 14.3 Å². The normalized spacial score (nSPS) is 16.0. The van der Waals surface area contributed by atoms with Gasteiger partial charge in [-0.3, -0.25) is 19.1 Å². The number of nitrogens with zero attached hydrogens (tertiary/aromatic N) is 5. The van der Waals surface area contributed by atoms with Crippen molar-refractivity contribution in [3.05, 3.63) is 75.9 Å². The van der Waals surface area contributed by atoms with Gasteiger partial charge in [0.25, 0.3) is 5.56 Å². The molecule has 3 rings (SSSR count). The van der Waals surface area contributed by atoms with Crippen LogP contribution in [0.15, 0.2) is 69.6 Å². The van der Waals surface area contributed by atoms with Crippen molar-refractivity contribution in [2.75, 3.05) is 51.3 Å². The van der Waals surface area contributed by atoms with Crippen LogP contribution in [-0.4, -0.2) is 71.5 Å². The van der Waals surface area contributed by atoms with Crippen molar-refractivity contribution < 1.29 is 5.11 Å². The van der Waals surface area contributed by atoms with Crippen molar-refractivity contribution in [2.45, 2.75) is 73.6 Å². The Morgan fingerprint density at radius 1 is 1.15 bits per heavy atom. The van der Waals surface area contributed by atoms with Crippen LogP contribution in [0.2, 0.25) is 0 Å². The fourth-order valence-electron chi connectivity index (χ4n) is 4.74. The minimum Gasteiger partial charge on any atom is -0.395 e. The third kappa shape index (κ3) is 10.4. The van der Waals surface area contributed by atoms with E-state index in [-0.39, 0.29) is 12.2 Å². The molecule has 1 aliphatic heterocycles. The van der Waals surface area contributed by atoms with E-state index in [2.05, 4.69) is 62.1 Å². The minimum absolute atomic E-state index is 0.125. The molecule has 1 saturated heterocycles. The van der Waals surface area contributed by atoms with E-state index in [1.54, 1.807) is 23.1 Å². The molecule has 1 unspecified atom stereocenters. The monoisotopic (exact) mass is 563 g/mol. The molecule has 0 saturated carbocycles. The van der Waals surface area contributed by atoms with Crippen molar-refractivity contribution in [3.8, 4) is 0 Å². The predicted octanol–water partition coefficient (Wildman–Crippen LogP) is 6.31. The molecule has 0 aliphatic carbocycles. The fourth-order valence-corrected chi connectivity index (χ4v) is 4.74. The van der Waals surface area contributed by atoms with Crippen LogP contribution in [0.1, 0.15) is 79.3 Å². The Kier molecular flexibility index (Phi) is 14.8. The van der Waals surface area contributed by atoms with Gasteiger partial charge in [-0.05, 0) is 62.8 Å². The lowest BCUT2D eigenvalue weighted by atomic mass is 9.99. The summed E-state index contributed by atoms with van der Waals surface area (Å²) in [6.07, 6.45) is 11.9. The zero-order valence-corrected chi connectivity index (χ0v) is 26.6. The molecule has 0 bridgehead atoms. The van der Waals surface area contributed by atoms with Crippen LogP contribution in [0, 0.1) is 5.92 Å². The molecule has 1 atom stereocenters. The number of β-amino-alcohol motifs (C(OH)–C–C–N with tert-alkyl or cyclic N) is 1. The molecule has 41 heavy (non-hydrogen) atoms. The summed E-state index contributed by atoms with van der Waals surface area (Å²) < 4.78 is 1.60. The first-order valence-corrected chi connectivity index (χ1v) is 15.3. The first-order chi connectivity index (χ1) is 19.7. The Morgan fingerprint density at radius 2 is 1.85 bits per heavy atom. The average Bonchev–Trinajstić information content (AvgIpc) is 2.98. The van der Waals surface area contributed by atoms with E-state index >= 15 is 0 Å². The first kappa shape index (κ1) is 34.2. The van der Waals surface area contributed by atoms with E-state index in [9.17, 15) is 4.79 Å². The Morgan fingerprint density at radius 3 is 2.44 bits per heavy atom. The average molecular weight is 564 g/mol. The summed E-state index contributed by atoms with van der Waals surface area (Å²) in [7, 11) is 1.71. The van der Waals surface area contributed by atoms with Gasteiger partial charge in [0.15, 0.2) is 0 Å². The summed E-state index contributed by atoms with van der Waals surface area (Å²) in [5, 5.41) is 9.11. The Hall–Kier alpha value is -3.03. The molecule has 0 amide bonds. The molecule has 3 heterocycles. The standard InChI is InChI=1S/C24H33N5O2.C10H20/c1-5-6-18(2)19(3)15-21(25-4)22-16-24(31)29-17-20(7-8-23(29)26-22)28-11-9-27(10-12-28)13-14-30;1-5-7-8-10(4)9(3)6-2/h7-8,15-17,30H,2,5-6,9-14H2,1,3-4H3;8-9H,5-7H2,1-4H3/b19-15+,25-21?;10-8-. The Labute approximate surface area is 248 Å². The lowest BCUT2D eigenvalue weighted by molar-refractivity contribution is 0.189. The van der Waals surface area contributed by atoms with Gasteiger partial charge in [-0.25, -0.2) is 4.98 Å². The molecular formula is C34H53N5O2. The van der Waals surface area contributed by atoms with E-state index < -0.39 is 0 Å². The maximum Gasteiger partial charge on any atom is 0.258 e. The number of aromatic nitrogens is 2. The number of piperazine rings is 1. The van der Waals surface area contributed by atoms with Gasteiger partial charge in [-0.15, -0.1) is 0 Å². The quantitative estimate of drug-likeness (QED) is 0.186. The van der Waals surface area contributed by atoms with Crippen LogP contribution in [-0.2, 0) is 0 Å². The molecule has 2 aromatic heterocycles. The van der Waals surface area contributed by atoms with E-state index in [4.69, 9.17) is 10.1 Å². The van der Waals surface area contributed by atoms with E-state index in [0.29, 0.717) is 23.6 Å². The van der Waals surface area contributed by atoms with Gasteiger partial charge >= 0.3 is 0 Å². The van der Waals surface area contributed by atoms with E-state index in [0.717, 1.165) is 61.8 Å². The van der Waals surface area contributed by atoms with Crippen LogP contribution in [0.4, 0.5) is 5.69 Å². The lowest BCUT2D eigenvalue weighted by Crippen LogP contribution is -2.47. The largest absolute Gasteiger partial charge is 0.395 e. The number of pyridine rings is 1. The predicted molar refractivity (Wildman–Crippen MR) is 176 cm³/mol. The summed E-state index contributed by atoms with van der Waals surface area (Å²) in [4.78, 5) is 26.4. The summed E-state index contributed by atoms with van der Waals surface area (Å²) in [5.74, 6) is 0.784. The summed E-state index contributed by atoms with van der Waals surface area (Å²) in [6.45, 7) is 21.7. The highest BCUT2D eigenvalue weighted by molar-refractivity contribution is 6.08. The van der Waals surface area contributed by atoms with Gasteiger partial charge < -0.3 is 10.0 Å². The van der Waals surface area contributed by atoms with Gasteiger partial charge in [0.2, 0.25) is 0 Å². The maximum absolute atomic E-state index is 12.9. The van der Waals surface area contributed by atoms with Crippen LogP contribution in [0.3, 0.4) is 0 Å². The SMILES string of the molecule is C=C(CCC)/C(C)=C/C(=NC)c1cc(=O)n2cc(N3CCN(CCO)CC3)ccc2n1.CCC/C=C(/C)C(C)CC. The van der Waals surface area contributed by atoms with Crippen molar-refractivity contribution in [1.29, 1.82) is 0 Å². The van der Waals surface area contributed by atoms with E-state index in [1.807, 2.05) is 31.3 Å². The molecule has 7 nitrogen and oxygen atoms in total. The van der Waals surface area contributed by atoms with Gasteiger partial charge in [-0.2, -0.15) is 0 Å². The molecule has 0 spiro atoms. The molecule has 226 valence electrons. The van der Waals surface area contributed by atoms with Crippen LogP contribution in [0.25, 0.3) is 5.65 Å². The molecule has 0 radical (unpaired) electrons. The molecule has 1 aliphatic rings. The minimum atomic E-state index is -0.125. The highest BCUT2D eigenvalue weighted by Gasteiger charge is 2.17. The third-order valence-corrected chi connectivity index (χ3v) is 7.91. The number of rotatable bonds is 12. The van der Waals surface area contributed by atoms with Gasteiger partial charge in [0.1, 0.15) is 5.65 Å². The number of aliphatic hydroxyl groups is 1. The smallest absolute Gasteiger partial charge is 0.258 e. The van der Waals surface area contributed by atoms with E-state index in [1.165, 1.54) is 19.3 Å².